The molecule has 1 unspecified atom stereocenters. The van der Waals surface area contributed by atoms with Gasteiger partial charge in [0.05, 0.1) is 13.2 Å². The number of nitrogens with one attached hydrogen (secondary N) is 2. The number of halogens is 1. The van der Waals surface area contributed by atoms with Gasteiger partial charge in [0.25, 0.3) is 0 Å². The molecule has 0 aliphatic rings. The Hall–Kier alpha value is -2.24. The molecule has 3 N–H and O–H groups in total. The number of aliphatic imine (C=N–C) groups is 1. The van der Waals surface area contributed by atoms with Gasteiger partial charge in [-0.2, -0.15) is 0 Å². The van der Waals surface area contributed by atoms with Crippen molar-refractivity contribution in [3.63, 3.8) is 0 Å². The summed E-state index contributed by atoms with van der Waals surface area (Å²) in [6.45, 7) is 4.44. The van der Waals surface area contributed by atoms with E-state index in [-0.39, 0.29) is 43.1 Å². The van der Waals surface area contributed by atoms with Gasteiger partial charge in [0.1, 0.15) is 12.4 Å². The van der Waals surface area contributed by atoms with Crippen molar-refractivity contribution in [2.45, 2.75) is 19.3 Å². The lowest BCUT2D eigenvalue weighted by atomic mass is 10.0. The van der Waals surface area contributed by atoms with E-state index in [1.54, 1.807) is 0 Å². The molecule has 0 aromatic heterocycles. The number of rotatable bonds is 10. The van der Waals surface area contributed by atoms with Gasteiger partial charge < -0.3 is 20.5 Å². The van der Waals surface area contributed by atoms with Crippen molar-refractivity contribution in [1.29, 1.82) is 0 Å². The normalized spacial score (nSPS) is 11.7. The second-order valence-corrected chi connectivity index (χ2v) is 6.32. The van der Waals surface area contributed by atoms with Crippen LogP contribution in [-0.2, 0) is 6.42 Å². The zero-order chi connectivity index (χ0) is 20.0. The van der Waals surface area contributed by atoms with Crippen LogP contribution in [0.15, 0.2) is 59.6 Å². The van der Waals surface area contributed by atoms with Crippen LogP contribution in [0, 0.1) is 12.3 Å². The van der Waals surface area contributed by atoms with Crippen molar-refractivity contribution in [2.24, 2.45) is 4.99 Å². The standard InChI is InChI=1S/C23H29N3O2.HI/c1-3-16-28-22-12-10-19(11-13-22)14-15-25-23(24-4-2)26-17-21(18-27)20-8-6-5-7-9-20;/h1,5-13,21,27H,4,14-18H2,2H3,(H2,24,25,26);1H. The van der Waals surface area contributed by atoms with Gasteiger partial charge in [-0.05, 0) is 36.6 Å². The molecule has 0 heterocycles. The average molecular weight is 507 g/mol. The summed E-state index contributed by atoms with van der Waals surface area (Å²) < 4.78 is 5.38. The molecule has 0 bridgehead atoms. The third kappa shape index (κ3) is 9.20. The SMILES string of the molecule is C#CCOc1ccc(CCNC(=NCC(CO)c2ccccc2)NCC)cc1.I. The van der Waals surface area contributed by atoms with Gasteiger partial charge >= 0.3 is 0 Å². The van der Waals surface area contributed by atoms with Gasteiger partial charge in [0, 0.05) is 19.0 Å². The van der Waals surface area contributed by atoms with E-state index in [1.807, 2.05) is 61.5 Å². The van der Waals surface area contributed by atoms with Gasteiger partial charge in [-0.15, -0.1) is 30.4 Å². The molecule has 0 amide bonds. The van der Waals surface area contributed by atoms with Gasteiger partial charge in [0.2, 0.25) is 0 Å². The molecule has 0 saturated heterocycles. The molecule has 156 valence electrons. The minimum Gasteiger partial charge on any atom is -0.481 e. The number of hydrogen-bond acceptors (Lipinski definition) is 3. The first-order valence-electron chi connectivity index (χ1n) is 9.60. The zero-order valence-corrected chi connectivity index (χ0v) is 19.1. The Labute approximate surface area is 191 Å². The minimum atomic E-state index is -0.00721. The minimum absolute atomic E-state index is 0. The van der Waals surface area contributed by atoms with E-state index in [0.29, 0.717) is 6.54 Å². The highest BCUT2D eigenvalue weighted by Gasteiger charge is 2.10. The van der Waals surface area contributed by atoms with Crippen LogP contribution >= 0.6 is 24.0 Å². The number of aliphatic hydroxyl groups excluding tert-OH is 1. The van der Waals surface area contributed by atoms with E-state index in [4.69, 9.17) is 11.2 Å². The average Bonchev–Trinajstić information content (AvgIpc) is 2.74. The second kappa shape index (κ2) is 14.7. The van der Waals surface area contributed by atoms with Crippen molar-refractivity contribution in [1.82, 2.24) is 10.6 Å². The summed E-state index contributed by atoms with van der Waals surface area (Å²) in [6, 6.07) is 17.9. The van der Waals surface area contributed by atoms with Gasteiger partial charge in [-0.3, -0.25) is 4.99 Å². The van der Waals surface area contributed by atoms with Crippen molar-refractivity contribution in [3.8, 4) is 18.1 Å². The molecule has 0 saturated carbocycles. The Morgan fingerprint density at radius 1 is 1.14 bits per heavy atom. The predicted octanol–water partition coefficient (Wildman–Crippen LogP) is 3.19. The van der Waals surface area contributed by atoms with Crippen LogP contribution in [-0.4, -0.2) is 43.9 Å². The fourth-order valence-electron chi connectivity index (χ4n) is 2.74. The molecule has 5 nitrogen and oxygen atoms in total. The maximum absolute atomic E-state index is 9.69. The maximum atomic E-state index is 9.69. The van der Waals surface area contributed by atoms with E-state index in [0.717, 1.165) is 36.8 Å². The molecule has 0 spiro atoms. The number of nitrogens with zero attached hydrogens (tertiary/aromatic N) is 1. The first kappa shape index (κ1) is 24.8. The van der Waals surface area contributed by atoms with Crippen LogP contribution in [0.4, 0.5) is 0 Å². The number of guanidine groups is 1. The largest absolute Gasteiger partial charge is 0.481 e. The third-order valence-electron chi connectivity index (χ3n) is 4.26. The highest BCUT2D eigenvalue weighted by Crippen LogP contribution is 2.15. The predicted molar refractivity (Wildman–Crippen MR) is 130 cm³/mol. The molecule has 0 aliphatic heterocycles. The topological polar surface area (TPSA) is 65.9 Å². The van der Waals surface area contributed by atoms with Crippen molar-refractivity contribution >= 4 is 29.9 Å². The summed E-state index contributed by atoms with van der Waals surface area (Å²) in [6.07, 6.45) is 6.06. The van der Waals surface area contributed by atoms with E-state index in [9.17, 15) is 5.11 Å². The number of hydrogen-bond donors (Lipinski definition) is 3. The third-order valence-corrected chi connectivity index (χ3v) is 4.26. The first-order chi connectivity index (χ1) is 13.8. The lowest BCUT2D eigenvalue weighted by molar-refractivity contribution is 0.268. The van der Waals surface area contributed by atoms with Crippen LogP contribution in [0.1, 0.15) is 24.0 Å². The quantitative estimate of drug-likeness (QED) is 0.200. The Kier molecular flexibility index (Phi) is 12.6. The highest BCUT2D eigenvalue weighted by molar-refractivity contribution is 14.0. The Balaban J connectivity index is 0.00000420. The Bertz CT molecular complexity index is 758. The highest BCUT2D eigenvalue weighted by atomic mass is 127. The number of ether oxygens (including phenoxy) is 1. The van der Waals surface area contributed by atoms with Crippen molar-refractivity contribution < 1.29 is 9.84 Å². The number of benzene rings is 2. The van der Waals surface area contributed by atoms with Crippen LogP contribution in [0.5, 0.6) is 5.75 Å². The lowest BCUT2D eigenvalue weighted by Crippen LogP contribution is -2.38. The Morgan fingerprint density at radius 3 is 2.48 bits per heavy atom. The molecule has 2 aromatic carbocycles. The van der Waals surface area contributed by atoms with E-state index < -0.39 is 0 Å². The molecule has 2 rings (SSSR count). The second-order valence-electron chi connectivity index (χ2n) is 6.32. The van der Waals surface area contributed by atoms with E-state index in [2.05, 4.69) is 21.5 Å². The lowest BCUT2D eigenvalue weighted by Gasteiger charge is -2.15. The van der Waals surface area contributed by atoms with Crippen LogP contribution in [0.3, 0.4) is 0 Å². The fourth-order valence-corrected chi connectivity index (χ4v) is 2.74. The summed E-state index contributed by atoms with van der Waals surface area (Å²) in [5, 5.41) is 16.3. The van der Waals surface area contributed by atoms with Crippen molar-refractivity contribution in [3.05, 3.63) is 65.7 Å². The first-order valence-corrected chi connectivity index (χ1v) is 9.60. The van der Waals surface area contributed by atoms with Crippen LogP contribution < -0.4 is 15.4 Å². The molecule has 0 fully saturated rings. The Morgan fingerprint density at radius 2 is 1.86 bits per heavy atom. The van der Waals surface area contributed by atoms with Gasteiger partial charge in [-0.25, -0.2) is 0 Å². The van der Waals surface area contributed by atoms with E-state index >= 15 is 0 Å². The van der Waals surface area contributed by atoms with Gasteiger partial charge in [0.15, 0.2) is 5.96 Å². The smallest absolute Gasteiger partial charge is 0.191 e. The van der Waals surface area contributed by atoms with Crippen LogP contribution in [0.2, 0.25) is 0 Å². The van der Waals surface area contributed by atoms with Gasteiger partial charge in [-0.1, -0.05) is 48.4 Å². The molecule has 6 heteroatoms. The maximum Gasteiger partial charge on any atom is 0.191 e. The molecule has 0 aliphatic carbocycles. The summed E-state index contributed by atoms with van der Waals surface area (Å²) in [5.74, 6) is 3.98. The molecule has 1 atom stereocenters. The van der Waals surface area contributed by atoms with Crippen LogP contribution in [0.25, 0.3) is 0 Å². The molecular formula is C23H30IN3O2. The zero-order valence-electron chi connectivity index (χ0n) is 16.8. The number of aliphatic hydroxyl groups is 1. The summed E-state index contributed by atoms with van der Waals surface area (Å²) >= 11 is 0. The molecular weight excluding hydrogens is 477 g/mol. The molecule has 0 radical (unpaired) electrons. The monoisotopic (exact) mass is 507 g/mol. The summed E-state index contributed by atoms with van der Waals surface area (Å²) in [5.41, 5.74) is 2.30. The molecule has 29 heavy (non-hydrogen) atoms. The number of terminal acetylenes is 1. The summed E-state index contributed by atoms with van der Waals surface area (Å²) in [4.78, 5) is 4.64. The van der Waals surface area contributed by atoms with Crippen molar-refractivity contribution in [2.75, 3.05) is 32.8 Å². The summed E-state index contributed by atoms with van der Waals surface area (Å²) in [7, 11) is 0. The fraction of sp³-hybridized carbons (Fsp3) is 0.348. The van der Waals surface area contributed by atoms with E-state index in [1.165, 1.54) is 5.56 Å². The molecule has 2 aromatic rings.